The highest BCUT2D eigenvalue weighted by molar-refractivity contribution is 5.42. The van der Waals surface area contributed by atoms with Crippen molar-refractivity contribution in [3.8, 4) is 12.3 Å². The van der Waals surface area contributed by atoms with Crippen LogP contribution in [0.25, 0.3) is 0 Å². The van der Waals surface area contributed by atoms with Gasteiger partial charge in [-0.3, -0.25) is 0 Å². The van der Waals surface area contributed by atoms with Crippen molar-refractivity contribution in [2.24, 2.45) is 0 Å². The van der Waals surface area contributed by atoms with Crippen LogP contribution in [0, 0.1) is 12.3 Å². The lowest BCUT2D eigenvalue weighted by atomic mass is 10.1. The molecule has 0 saturated heterocycles. The Labute approximate surface area is 88.3 Å². The number of nitrogens with one attached hydrogen (secondary N) is 1. The summed E-state index contributed by atoms with van der Waals surface area (Å²) >= 11 is 0. The van der Waals surface area contributed by atoms with Gasteiger partial charge in [0.25, 0.3) is 0 Å². The largest absolute Gasteiger partial charge is 0.380 e. The third-order valence-electron chi connectivity index (χ3n) is 1.64. The normalized spacial score (nSPS) is 12.1. The zero-order valence-corrected chi connectivity index (χ0v) is 9.78. The van der Waals surface area contributed by atoms with Gasteiger partial charge < -0.3 is 5.32 Å². The molecule has 0 aromatic rings. The van der Waals surface area contributed by atoms with Crippen LogP contribution >= 0.6 is 0 Å². The molecule has 0 bridgehead atoms. The second kappa shape index (κ2) is 5.54. The summed E-state index contributed by atoms with van der Waals surface area (Å²) in [5.41, 5.74) is 1.73. The molecule has 14 heavy (non-hydrogen) atoms. The number of terminal acetylenes is 1. The summed E-state index contributed by atoms with van der Waals surface area (Å²) in [5, 5.41) is 3.27. The zero-order chi connectivity index (χ0) is 11.2. The maximum absolute atomic E-state index is 5.41. The van der Waals surface area contributed by atoms with Crippen LogP contribution in [-0.4, -0.2) is 5.54 Å². The molecule has 1 heteroatoms. The van der Waals surface area contributed by atoms with Crippen molar-refractivity contribution in [1.82, 2.24) is 5.32 Å². The first-order valence-electron chi connectivity index (χ1n) is 5.05. The summed E-state index contributed by atoms with van der Waals surface area (Å²) in [4.78, 5) is 0. The third kappa shape index (κ3) is 5.48. The van der Waals surface area contributed by atoms with E-state index in [2.05, 4.69) is 51.6 Å². The number of hydrogen-bond donors (Lipinski definition) is 1. The highest BCUT2D eigenvalue weighted by Crippen LogP contribution is 2.10. The van der Waals surface area contributed by atoms with E-state index in [4.69, 9.17) is 6.42 Å². The smallest absolute Gasteiger partial charge is 0.0428 e. The first-order chi connectivity index (χ1) is 6.40. The molecule has 1 N–H and O–H groups in total. The van der Waals surface area contributed by atoms with Crippen LogP contribution in [-0.2, 0) is 0 Å². The Morgan fingerprint density at radius 3 is 2.43 bits per heavy atom. The van der Waals surface area contributed by atoms with E-state index in [-0.39, 0.29) is 5.54 Å². The molecule has 0 aromatic heterocycles. The standard InChI is InChI=1S/C13H21N/c1-7-9-10-12(8-2)11(3)14-13(4,5)6/h2,10,14H,3,7,9H2,1,4-6H3/b12-10+. The van der Waals surface area contributed by atoms with Crippen molar-refractivity contribution in [1.29, 1.82) is 0 Å². The van der Waals surface area contributed by atoms with Crippen LogP contribution in [0.5, 0.6) is 0 Å². The summed E-state index contributed by atoms with van der Waals surface area (Å²) in [6.07, 6.45) is 9.58. The van der Waals surface area contributed by atoms with Crippen molar-refractivity contribution in [2.75, 3.05) is 0 Å². The van der Waals surface area contributed by atoms with Gasteiger partial charge >= 0.3 is 0 Å². The van der Waals surface area contributed by atoms with Crippen LogP contribution < -0.4 is 5.32 Å². The Balaban J connectivity index is 4.43. The van der Waals surface area contributed by atoms with E-state index in [0.717, 1.165) is 24.1 Å². The van der Waals surface area contributed by atoms with Gasteiger partial charge in [0.05, 0.1) is 0 Å². The maximum Gasteiger partial charge on any atom is 0.0428 e. The van der Waals surface area contributed by atoms with Gasteiger partial charge in [-0.15, -0.1) is 6.42 Å². The Morgan fingerprint density at radius 1 is 1.50 bits per heavy atom. The van der Waals surface area contributed by atoms with E-state index in [1.54, 1.807) is 0 Å². The molecule has 0 aliphatic heterocycles. The zero-order valence-electron chi connectivity index (χ0n) is 9.78. The molecule has 0 rings (SSSR count). The van der Waals surface area contributed by atoms with Crippen LogP contribution in [0.1, 0.15) is 40.5 Å². The Morgan fingerprint density at radius 2 is 2.07 bits per heavy atom. The quantitative estimate of drug-likeness (QED) is 0.531. The molecule has 0 fully saturated rings. The van der Waals surface area contributed by atoms with Crippen molar-refractivity contribution in [3.63, 3.8) is 0 Å². The SMILES string of the molecule is C#C/C(=C\CCC)C(=C)NC(C)(C)C. The van der Waals surface area contributed by atoms with Crippen molar-refractivity contribution in [3.05, 3.63) is 23.9 Å². The summed E-state index contributed by atoms with van der Waals surface area (Å²) in [7, 11) is 0. The van der Waals surface area contributed by atoms with E-state index in [1.807, 2.05) is 0 Å². The number of hydrogen-bond acceptors (Lipinski definition) is 1. The number of unbranched alkanes of at least 4 members (excludes halogenated alkanes) is 1. The predicted octanol–water partition coefficient (Wildman–Crippen LogP) is 3.25. The van der Waals surface area contributed by atoms with E-state index in [1.165, 1.54) is 0 Å². The first kappa shape index (κ1) is 12.8. The van der Waals surface area contributed by atoms with Crippen LogP contribution in [0.15, 0.2) is 23.9 Å². The van der Waals surface area contributed by atoms with Gasteiger partial charge in [-0.05, 0) is 27.2 Å². The molecule has 1 nitrogen and oxygen atoms in total. The molecule has 0 atom stereocenters. The summed E-state index contributed by atoms with van der Waals surface area (Å²) < 4.78 is 0. The lowest BCUT2D eigenvalue weighted by Crippen LogP contribution is -2.35. The van der Waals surface area contributed by atoms with Gasteiger partial charge in [0.2, 0.25) is 0 Å². The highest BCUT2D eigenvalue weighted by atomic mass is 15.0. The van der Waals surface area contributed by atoms with Gasteiger partial charge in [0, 0.05) is 16.8 Å². The third-order valence-corrected chi connectivity index (χ3v) is 1.64. The molecule has 0 amide bonds. The molecule has 0 aliphatic rings. The second-order valence-corrected chi connectivity index (χ2v) is 4.40. The lowest BCUT2D eigenvalue weighted by molar-refractivity contribution is 0.478. The monoisotopic (exact) mass is 191 g/mol. The molecule has 0 aliphatic carbocycles. The molecule has 0 saturated carbocycles. The van der Waals surface area contributed by atoms with Crippen molar-refractivity contribution >= 4 is 0 Å². The van der Waals surface area contributed by atoms with Crippen molar-refractivity contribution in [2.45, 2.75) is 46.1 Å². The lowest BCUT2D eigenvalue weighted by Gasteiger charge is -2.23. The topological polar surface area (TPSA) is 12.0 Å². The van der Waals surface area contributed by atoms with Crippen LogP contribution in [0.4, 0.5) is 0 Å². The fourth-order valence-electron chi connectivity index (χ4n) is 1.08. The van der Waals surface area contributed by atoms with E-state index < -0.39 is 0 Å². The maximum atomic E-state index is 5.41. The van der Waals surface area contributed by atoms with Gasteiger partial charge in [0.1, 0.15) is 0 Å². The second-order valence-electron chi connectivity index (χ2n) is 4.40. The molecular formula is C13H21N. The predicted molar refractivity (Wildman–Crippen MR) is 63.9 cm³/mol. The molecule has 0 unspecified atom stereocenters. The fourth-order valence-corrected chi connectivity index (χ4v) is 1.08. The molecule has 0 aromatic carbocycles. The summed E-state index contributed by atoms with van der Waals surface area (Å²) in [6, 6.07) is 0. The van der Waals surface area contributed by atoms with Gasteiger partial charge in [-0.1, -0.05) is 31.9 Å². The molecule has 78 valence electrons. The van der Waals surface area contributed by atoms with Gasteiger partial charge in [-0.25, -0.2) is 0 Å². The Hall–Kier alpha value is -1.16. The van der Waals surface area contributed by atoms with E-state index in [9.17, 15) is 0 Å². The minimum absolute atomic E-state index is 0.0131. The Kier molecular flexibility index (Phi) is 5.09. The highest BCUT2D eigenvalue weighted by Gasteiger charge is 2.11. The number of rotatable bonds is 4. The van der Waals surface area contributed by atoms with Gasteiger partial charge in [-0.2, -0.15) is 0 Å². The summed E-state index contributed by atoms with van der Waals surface area (Å²) in [5.74, 6) is 2.66. The molecular weight excluding hydrogens is 170 g/mol. The van der Waals surface area contributed by atoms with Crippen LogP contribution in [0.3, 0.4) is 0 Å². The number of allylic oxidation sites excluding steroid dienone is 2. The van der Waals surface area contributed by atoms with E-state index >= 15 is 0 Å². The molecule has 0 spiro atoms. The average Bonchev–Trinajstić information content (AvgIpc) is 2.02. The van der Waals surface area contributed by atoms with E-state index in [0.29, 0.717) is 0 Å². The average molecular weight is 191 g/mol. The molecule has 0 radical (unpaired) electrons. The van der Waals surface area contributed by atoms with Gasteiger partial charge in [0.15, 0.2) is 0 Å². The Bertz CT molecular complexity index is 258. The molecule has 0 heterocycles. The first-order valence-corrected chi connectivity index (χ1v) is 5.05. The minimum Gasteiger partial charge on any atom is -0.380 e. The minimum atomic E-state index is 0.0131. The summed E-state index contributed by atoms with van der Waals surface area (Å²) in [6.45, 7) is 12.3. The van der Waals surface area contributed by atoms with Crippen molar-refractivity contribution < 1.29 is 0 Å². The fraction of sp³-hybridized carbons (Fsp3) is 0.538. The van der Waals surface area contributed by atoms with Crippen LogP contribution in [0.2, 0.25) is 0 Å².